The van der Waals surface area contributed by atoms with E-state index in [4.69, 9.17) is 9.84 Å². The molecular weight excluding hydrogens is 374 g/mol. The molecule has 4 nitrogen and oxygen atoms in total. The number of hydrogen-bond donors (Lipinski definition) is 2. The molecule has 0 rings (SSSR count). The smallest absolute Gasteiger partial charge is 0.306 e. The minimum atomic E-state index is 0.00960. The molecule has 0 saturated heterocycles. The Kier molecular flexibility index (Phi) is 24.2. The van der Waals surface area contributed by atoms with Gasteiger partial charge < -0.3 is 15.2 Å². The minimum absolute atomic E-state index is 0.00960. The normalized spacial score (nSPS) is 11.3. The molecule has 2 N–H and O–H groups in total. The molecule has 0 aliphatic rings. The first-order valence-electron chi connectivity index (χ1n) is 13.2. The molecule has 0 aliphatic heterocycles. The second-order valence-corrected chi connectivity index (χ2v) is 8.94. The summed E-state index contributed by atoms with van der Waals surface area (Å²) in [7, 11) is 0. The Morgan fingerprint density at radius 1 is 0.733 bits per heavy atom. The lowest BCUT2D eigenvalue weighted by atomic mass is 9.91. The first-order valence-corrected chi connectivity index (χ1v) is 13.2. The zero-order chi connectivity index (χ0) is 22.1. The molecule has 0 unspecified atom stereocenters. The fourth-order valence-corrected chi connectivity index (χ4v) is 3.99. The third-order valence-electron chi connectivity index (χ3n) is 5.94. The van der Waals surface area contributed by atoms with E-state index in [1.807, 2.05) is 0 Å². The zero-order valence-corrected chi connectivity index (χ0v) is 20.4. The van der Waals surface area contributed by atoms with Gasteiger partial charge in [-0.25, -0.2) is 0 Å². The van der Waals surface area contributed by atoms with Gasteiger partial charge in [0, 0.05) is 13.0 Å². The van der Waals surface area contributed by atoms with Crippen molar-refractivity contribution in [2.75, 3.05) is 26.3 Å². The summed E-state index contributed by atoms with van der Waals surface area (Å²) in [4.78, 5) is 12.3. The van der Waals surface area contributed by atoms with Crippen LogP contribution in [0.2, 0.25) is 0 Å². The lowest BCUT2D eigenvalue weighted by Gasteiger charge is -2.16. The third-order valence-corrected chi connectivity index (χ3v) is 5.94. The van der Waals surface area contributed by atoms with Crippen LogP contribution in [-0.4, -0.2) is 37.4 Å². The average molecular weight is 428 g/mol. The Morgan fingerprint density at radius 3 is 1.83 bits per heavy atom. The van der Waals surface area contributed by atoms with Crippen LogP contribution in [0.15, 0.2) is 0 Å². The quantitative estimate of drug-likeness (QED) is 0.131. The predicted molar refractivity (Wildman–Crippen MR) is 129 cm³/mol. The van der Waals surface area contributed by atoms with Crippen LogP contribution >= 0.6 is 0 Å². The van der Waals surface area contributed by atoms with Crippen molar-refractivity contribution < 1.29 is 14.6 Å². The Labute approximate surface area is 187 Å². The van der Waals surface area contributed by atoms with Crippen molar-refractivity contribution in [3.05, 3.63) is 0 Å². The summed E-state index contributed by atoms with van der Waals surface area (Å²) < 4.78 is 5.52. The third kappa shape index (κ3) is 22.1. The van der Waals surface area contributed by atoms with Gasteiger partial charge in [-0.3, -0.25) is 4.79 Å². The molecule has 0 aliphatic carbocycles. The summed E-state index contributed by atoms with van der Waals surface area (Å²) in [6, 6.07) is 0. The van der Waals surface area contributed by atoms with Crippen LogP contribution in [0.3, 0.4) is 0 Å². The van der Waals surface area contributed by atoms with E-state index in [0.29, 0.717) is 25.5 Å². The zero-order valence-electron chi connectivity index (χ0n) is 20.4. The van der Waals surface area contributed by atoms with E-state index in [-0.39, 0.29) is 12.6 Å². The highest BCUT2D eigenvalue weighted by Crippen LogP contribution is 2.22. The number of nitrogens with one attached hydrogen (secondary N) is 1. The highest BCUT2D eigenvalue weighted by Gasteiger charge is 2.15. The van der Waals surface area contributed by atoms with Gasteiger partial charge >= 0.3 is 5.97 Å². The van der Waals surface area contributed by atoms with Crippen LogP contribution in [0, 0.1) is 5.92 Å². The van der Waals surface area contributed by atoms with Gasteiger partial charge in [0.25, 0.3) is 0 Å². The maximum absolute atomic E-state index is 12.3. The number of hydrogen-bond acceptors (Lipinski definition) is 4. The van der Waals surface area contributed by atoms with Crippen LogP contribution in [0.4, 0.5) is 0 Å². The number of rotatable bonds is 24. The first-order chi connectivity index (χ1) is 14.7. The van der Waals surface area contributed by atoms with Crippen LogP contribution in [0.1, 0.15) is 129 Å². The molecule has 0 saturated carbocycles. The van der Waals surface area contributed by atoms with Crippen molar-refractivity contribution in [1.82, 2.24) is 5.32 Å². The average Bonchev–Trinajstić information content (AvgIpc) is 2.74. The molecule has 0 aromatic carbocycles. The van der Waals surface area contributed by atoms with Crippen molar-refractivity contribution in [3.8, 4) is 0 Å². The Hall–Kier alpha value is -0.610. The lowest BCUT2D eigenvalue weighted by molar-refractivity contribution is -0.145. The predicted octanol–water partition coefficient (Wildman–Crippen LogP) is 6.79. The fourth-order valence-electron chi connectivity index (χ4n) is 3.99. The van der Waals surface area contributed by atoms with Crippen LogP contribution < -0.4 is 5.32 Å². The molecule has 4 heteroatoms. The fraction of sp³-hybridized carbons (Fsp3) is 0.962. The maximum Gasteiger partial charge on any atom is 0.306 e. The number of esters is 1. The van der Waals surface area contributed by atoms with Crippen molar-refractivity contribution in [3.63, 3.8) is 0 Å². The summed E-state index contributed by atoms with van der Waals surface area (Å²) in [5.74, 6) is 0.521. The maximum atomic E-state index is 12.3. The second kappa shape index (κ2) is 24.7. The molecule has 0 heterocycles. The molecule has 180 valence electrons. The van der Waals surface area contributed by atoms with E-state index >= 15 is 0 Å². The summed E-state index contributed by atoms with van der Waals surface area (Å²) in [6.45, 7) is 6.85. The van der Waals surface area contributed by atoms with Gasteiger partial charge in [-0.2, -0.15) is 0 Å². The number of carbonyl (C=O) groups excluding carboxylic acids is 1. The standard InChI is InChI=1S/C26H53NO3/c1-3-5-7-9-11-14-18-25(19-15-12-10-8-6-4-2)24-26(29)30-23-17-13-16-20-27-21-22-28/h25,27-28H,3-24H2,1-2H3. The van der Waals surface area contributed by atoms with Crippen LogP contribution in [0.5, 0.6) is 0 Å². The van der Waals surface area contributed by atoms with E-state index in [1.54, 1.807) is 0 Å². The van der Waals surface area contributed by atoms with E-state index in [2.05, 4.69) is 19.2 Å². The van der Waals surface area contributed by atoms with E-state index in [0.717, 1.165) is 25.8 Å². The summed E-state index contributed by atoms with van der Waals surface area (Å²) in [5, 5.41) is 11.9. The molecule has 0 fully saturated rings. The molecular formula is C26H53NO3. The Morgan fingerprint density at radius 2 is 1.27 bits per heavy atom. The molecule has 0 amide bonds. The monoisotopic (exact) mass is 427 g/mol. The highest BCUT2D eigenvalue weighted by molar-refractivity contribution is 5.69. The molecule has 0 aromatic heterocycles. The number of ether oxygens (including phenoxy) is 1. The first kappa shape index (κ1) is 29.4. The van der Waals surface area contributed by atoms with Gasteiger partial charge in [0.15, 0.2) is 0 Å². The number of aliphatic hydroxyl groups is 1. The molecule has 30 heavy (non-hydrogen) atoms. The van der Waals surface area contributed by atoms with Crippen molar-refractivity contribution in [1.29, 1.82) is 0 Å². The van der Waals surface area contributed by atoms with Gasteiger partial charge in [-0.15, -0.1) is 0 Å². The molecule has 0 atom stereocenters. The Balaban J connectivity index is 3.96. The van der Waals surface area contributed by atoms with Gasteiger partial charge in [-0.05, 0) is 44.6 Å². The largest absolute Gasteiger partial charge is 0.466 e. The molecule has 0 radical (unpaired) electrons. The number of carbonyl (C=O) groups is 1. The minimum Gasteiger partial charge on any atom is -0.466 e. The van der Waals surface area contributed by atoms with Crippen molar-refractivity contribution >= 4 is 5.97 Å². The molecule has 0 aromatic rings. The Bertz CT molecular complexity index is 333. The lowest BCUT2D eigenvalue weighted by Crippen LogP contribution is -2.19. The van der Waals surface area contributed by atoms with Crippen LogP contribution in [-0.2, 0) is 9.53 Å². The number of aliphatic hydroxyl groups excluding tert-OH is 1. The van der Waals surface area contributed by atoms with E-state index in [9.17, 15) is 4.79 Å². The summed E-state index contributed by atoms with van der Waals surface area (Å²) >= 11 is 0. The summed E-state index contributed by atoms with van der Waals surface area (Å²) in [6.07, 6.45) is 21.9. The van der Waals surface area contributed by atoms with Gasteiger partial charge in [0.1, 0.15) is 0 Å². The SMILES string of the molecule is CCCCCCCCC(CCCCCCCC)CC(=O)OCCCCCNCCO. The van der Waals surface area contributed by atoms with Crippen LogP contribution in [0.25, 0.3) is 0 Å². The topological polar surface area (TPSA) is 58.6 Å². The van der Waals surface area contributed by atoms with E-state index < -0.39 is 0 Å². The number of unbranched alkanes of at least 4 members (excludes halogenated alkanes) is 12. The van der Waals surface area contributed by atoms with Gasteiger partial charge in [0.05, 0.1) is 13.2 Å². The summed E-state index contributed by atoms with van der Waals surface area (Å²) in [5.41, 5.74) is 0. The van der Waals surface area contributed by atoms with E-state index in [1.165, 1.54) is 89.9 Å². The van der Waals surface area contributed by atoms with Gasteiger partial charge in [0.2, 0.25) is 0 Å². The van der Waals surface area contributed by atoms with Gasteiger partial charge in [-0.1, -0.05) is 90.9 Å². The van der Waals surface area contributed by atoms with Crippen molar-refractivity contribution in [2.24, 2.45) is 5.92 Å². The molecule has 0 bridgehead atoms. The highest BCUT2D eigenvalue weighted by atomic mass is 16.5. The molecule has 0 spiro atoms. The second-order valence-electron chi connectivity index (χ2n) is 8.94. The van der Waals surface area contributed by atoms with Crippen molar-refractivity contribution in [2.45, 2.75) is 129 Å².